The van der Waals surface area contributed by atoms with Gasteiger partial charge in [-0.3, -0.25) is 23.4 Å². The maximum Gasteiger partial charge on any atom is 0.242 e. The Bertz CT molecular complexity index is 5320. The van der Waals surface area contributed by atoms with Crippen molar-refractivity contribution < 1.29 is 40.5 Å². The summed E-state index contributed by atoms with van der Waals surface area (Å²) in [5.41, 5.74) is 19.7. The summed E-state index contributed by atoms with van der Waals surface area (Å²) < 4.78 is 103. The highest BCUT2D eigenvalue weighted by molar-refractivity contribution is 5.67. The van der Waals surface area contributed by atoms with E-state index in [1.54, 1.807) is 24.3 Å². The number of aromatic nitrogens is 12. The van der Waals surface area contributed by atoms with Gasteiger partial charge < -0.3 is 38.9 Å². The molecule has 20 nitrogen and oxygen atoms in total. The molecule has 16 rings (SSSR count). The molecule has 2 aliphatic carbocycles. The summed E-state index contributed by atoms with van der Waals surface area (Å²) in [5, 5.41) is 26.8. The molecule has 0 unspecified atom stereocenters. The van der Waals surface area contributed by atoms with Gasteiger partial charge in [-0.2, -0.15) is 30.6 Å². The number of aryl methyl sites for hydroxylation is 1. The maximum absolute atomic E-state index is 13.4. The Balaban J connectivity index is 0.000000159. The smallest absolute Gasteiger partial charge is 0.242 e. The molecule has 6 aromatic carbocycles. The number of benzene rings is 6. The average Bonchev–Trinajstić information content (AvgIpc) is 1.63. The van der Waals surface area contributed by atoms with Crippen LogP contribution >= 0.6 is 0 Å². The molecule has 12 aromatic rings. The normalized spacial score (nSPS) is 14.1. The number of hydrogen-bond acceptors (Lipinski definition) is 13. The molecule has 8 heterocycles. The van der Waals surface area contributed by atoms with E-state index in [2.05, 4.69) is 186 Å². The van der Waals surface area contributed by atoms with Gasteiger partial charge in [0.25, 0.3) is 0 Å². The molecule has 2 saturated carbocycles. The first-order valence-electron chi connectivity index (χ1n) is 51.0. The van der Waals surface area contributed by atoms with Gasteiger partial charge in [0, 0.05) is 171 Å². The molecule has 0 spiro atoms. The molecule has 138 heavy (non-hydrogen) atoms. The third-order valence-corrected chi connectivity index (χ3v) is 25.9. The van der Waals surface area contributed by atoms with Crippen LogP contribution in [-0.4, -0.2) is 191 Å². The lowest BCUT2D eigenvalue weighted by Gasteiger charge is -2.21. The van der Waals surface area contributed by atoms with Crippen molar-refractivity contribution in [1.29, 1.82) is 0 Å². The monoisotopic (exact) mass is 1900 g/mol. The Kier molecular flexibility index (Phi) is 44.2. The molecule has 2 saturated heterocycles. The minimum absolute atomic E-state index is 0.192. The zero-order chi connectivity index (χ0) is 98.4. The van der Waals surface area contributed by atoms with Gasteiger partial charge in [-0.25, -0.2) is 26.3 Å². The van der Waals surface area contributed by atoms with Gasteiger partial charge in [-0.05, 0) is 337 Å². The summed E-state index contributed by atoms with van der Waals surface area (Å²) in [7, 11) is 14.8. The minimum Gasteiger partial charge on any atom is -0.381 e. The zero-order valence-corrected chi connectivity index (χ0v) is 85.3. The average molecular weight is 1900 g/mol. The van der Waals surface area contributed by atoms with E-state index >= 15 is 0 Å². The van der Waals surface area contributed by atoms with Gasteiger partial charge in [-0.15, -0.1) is 4.68 Å². The number of ether oxygens (including phenoxy) is 2. The molecule has 0 bridgehead atoms. The fraction of sp³-hybridized carbons (Fsp3) is 0.518. The van der Waals surface area contributed by atoms with Crippen LogP contribution < -0.4 is 4.68 Å². The van der Waals surface area contributed by atoms with Crippen molar-refractivity contribution in [1.82, 2.24) is 83.4 Å². The van der Waals surface area contributed by atoms with Crippen LogP contribution in [0.5, 0.6) is 0 Å². The number of halogens is 6. The second kappa shape index (κ2) is 56.3. The van der Waals surface area contributed by atoms with Crippen molar-refractivity contribution in [3.8, 4) is 67.5 Å². The Hall–Kier alpha value is -10.2. The van der Waals surface area contributed by atoms with Gasteiger partial charge in [-0.1, -0.05) is 80.1 Å². The third kappa shape index (κ3) is 34.4. The summed E-state index contributed by atoms with van der Waals surface area (Å²) in [5.74, 6) is 0.0209. The number of rotatable bonds is 43. The fourth-order valence-corrected chi connectivity index (χ4v) is 17.6. The summed E-state index contributed by atoms with van der Waals surface area (Å²) in [6.45, 7) is 34.5. The van der Waals surface area contributed by atoms with E-state index in [1.165, 1.54) is 202 Å². The van der Waals surface area contributed by atoms with Crippen LogP contribution in [0.25, 0.3) is 67.5 Å². The Labute approximate surface area is 819 Å². The lowest BCUT2D eigenvalue weighted by molar-refractivity contribution is -0.746. The Morgan fingerprint density at radius 1 is 0.370 bits per heavy atom. The molecule has 0 atom stereocenters. The number of aromatic amines is 1. The predicted molar refractivity (Wildman–Crippen MR) is 547 cm³/mol. The van der Waals surface area contributed by atoms with Gasteiger partial charge in [0.2, 0.25) is 5.69 Å². The lowest BCUT2D eigenvalue weighted by atomic mass is 10.00. The first kappa shape index (κ1) is 108. The molecule has 2 aliphatic heterocycles. The summed E-state index contributed by atoms with van der Waals surface area (Å²) in [4.78, 5) is 14.0. The third-order valence-electron chi connectivity index (χ3n) is 25.9. The van der Waals surface area contributed by atoms with Crippen LogP contribution in [0, 0.1) is 46.7 Å². The van der Waals surface area contributed by atoms with Gasteiger partial charge in [0.05, 0.1) is 64.7 Å². The number of hydrogen-bond donors (Lipinski definition) is 1. The molecule has 748 valence electrons. The van der Waals surface area contributed by atoms with Crippen molar-refractivity contribution in [3.05, 3.63) is 251 Å². The van der Waals surface area contributed by atoms with Crippen LogP contribution in [0.15, 0.2) is 183 Å². The number of nitrogens with zero attached hydrogens (tertiary/aromatic N) is 17. The predicted octanol–water partition coefficient (Wildman–Crippen LogP) is 24.6. The quantitative estimate of drug-likeness (QED) is 0.0286. The highest BCUT2D eigenvalue weighted by atomic mass is 19.1. The fourth-order valence-electron chi connectivity index (χ4n) is 17.6. The Morgan fingerprint density at radius 2 is 0.703 bits per heavy atom. The molecular formula is C112H157F6N18O2+. The lowest BCUT2D eigenvalue weighted by Crippen LogP contribution is -2.42. The van der Waals surface area contributed by atoms with Crippen LogP contribution in [0.3, 0.4) is 0 Å². The van der Waals surface area contributed by atoms with Gasteiger partial charge in [0.15, 0.2) is 6.54 Å². The first-order valence-corrected chi connectivity index (χ1v) is 51.0. The first-order chi connectivity index (χ1) is 66.8. The van der Waals surface area contributed by atoms with E-state index in [-0.39, 0.29) is 34.9 Å². The van der Waals surface area contributed by atoms with E-state index in [1.807, 2.05) is 89.5 Å². The zero-order valence-electron chi connectivity index (χ0n) is 85.3. The minimum atomic E-state index is -0.214. The number of unbranched alkanes of at least 4 members (excludes halogenated alkanes) is 6. The van der Waals surface area contributed by atoms with Gasteiger partial charge >= 0.3 is 0 Å². The van der Waals surface area contributed by atoms with E-state index in [9.17, 15) is 26.3 Å². The topological polar surface area (TPSA) is 147 Å². The van der Waals surface area contributed by atoms with Crippen molar-refractivity contribution in [2.75, 3.05) is 108 Å². The molecule has 6 aromatic heterocycles. The SMILES string of the molecule is CCCCN(C)Cc1c[nH][n+](CC2CCOCC2)c1-c1ccc(F)cc1.CCCCN(C)Cc1cn(C(C)C)nc1-c1ccc(F)cc1.CCCCN(C)Cc1cn(C2CC2)nc1-c1ccc(F)cc1.CCCCN(C)Cc1cn(CC2CCOCC2)nc1-c1ccc(F)cc1.CCCCN(C)Cc1cnn(C)c1-c1ccc(F)cc1.CCCCN(C)Cc1cnn(C2CC2)c1-c1ccc(F)cc1. The van der Waals surface area contributed by atoms with E-state index in [4.69, 9.17) is 24.8 Å². The van der Waals surface area contributed by atoms with Crippen LogP contribution in [0.4, 0.5) is 26.3 Å². The van der Waals surface area contributed by atoms with Crippen molar-refractivity contribution in [2.45, 2.75) is 254 Å². The highest BCUT2D eigenvalue weighted by Crippen LogP contribution is 2.41. The second-order valence-electron chi connectivity index (χ2n) is 38.8. The molecule has 4 fully saturated rings. The standard InChI is InChI=1S/2C21H30FN3O.2C18H24FN3.C18H26FN3.C16H22FN3/c1-3-4-11-24(2)16-19-14-23-25(15-17-9-12-26-13-10-17)21(19)18-5-7-20(22)8-6-18;1-3-4-11-24(2)15-19-16-25(14-17-9-12-26-13-10-17)23-21(19)18-5-7-20(22)8-6-18;1-3-4-11-21(2)12-15-13-22(17-9-10-17)20-18(15)14-5-7-16(19)8-6-14;1-3-4-11-21(2)13-15-12-20-22(17-9-10-17)18(15)14-5-7-16(19)8-6-14;1-5-6-11-21(4)12-16-13-22(14(2)3)20-18(16)15-7-9-17(19)10-8-15;1-4-5-10-19(2)12-14-11-18-20(3)16(14)13-6-8-15(17)9-7-13/h5-8,14,17H,3-4,9-13,15-16H2,1-2H3;5-8,16-17H,3-4,9-15H2,1-2H3;5-8,13,17H,3-4,9-12H2,1-2H3;5-8,12,17H,3-4,9-11,13H2,1-2H3;7-10,13-14H,5-6,11-12H2,1-4H3;6-9,11H,4-5,10,12H2,1-3H3/p+1. The molecule has 0 amide bonds. The van der Waals surface area contributed by atoms with Crippen LogP contribution in [-0.2, 0) is 68.9 Å². The molecule has 26 heteroatoms. The number of nitrogens with one attached hydrogen (secondary N) is 1. The van der Waals surface area contributed by atoms with E-state index < -0.39 is 0 Å². The van der Waals surface area contributed by atoms with Crippen molar-refractivity contribution in [2.24, 2.45) is 18.9 Å². The summed E-state index contributed by atoms with van der Waals surface area (Å²) in [6, 6.07) is 41.6. The molecule has 1 N–H and O–H groups in total. The summed E-state index contributed by atoms with van der Waals surface area (Å²) >= 11 is 0. The van der Waals surface area contributed by atoms with Crippen molar-refractivity contribution >= 4 is 0 Å². The molecule has 0 radical (unpaired) electrons. The van der Waals surface area contributed by atoms with Crippen LogP contribution in [0.1, 0.15) is 235 Å². The molecular weight excluding hydrogens is 1740 g/mol. The number of H-pyrrole nitrogens is 1. The highest BCUT2D eigenvalue weighted by Gasteiger charge is 2.32. The Morgan fingerprint density at radius 3 is 1.10 bits per heavy atom. The van der Waals surface area contributed by atoms with Crippen molar-refractivity contribution in [3.63, 3.8) is 0 Å². The van der Waals surface area contributed by atoms with Crippen LogP contribution in [0.2, 0.25) is 0 Å². The largest absolute Gasteiger partial charge is 0.381 e. The maximum atomic E-state index is 13.4. The van der Waals surface area contributed by atoms with E-state index in [0.29, 0.717) is 30.0 Å². The second-order valence-corrected chi connectivity index (χ2v) is 38.8. The van der Waals surface area contributed by atoms with E-state index in [0.717, 1.165) is 206 Å². The summed E-state index contributed by atoms with van der Waals surface area (Å²) in [6.07, 6.45) is 36.1. The van der Waals surface area contributed by atoms with Gasteiger partial charge in [0.1, 0.15) is 34.9 Å². The molecule has 4 aliphatic rings.